The SMILES string of the molecule is CNC(=O)C1(CC(F)(F)F)CC(NS(C)(=O)=O)C1. The number of nitrogens with one attached hydrogen (secondary N) is 2. The first kappa shape index (κ1) is 15.2. The minimum absolute atomic E-state index is 0.140. The van der Waals surface area contributed by atoms with Crippen LogP contribution < -0.4 is 10.0 Å². The summed E-state index contributed by atoms with van der Waals surface area (Å²) in [7, 11) is -2.21. The van der Waals surface area contributed by atoms with E-state index in [1.54, 1.807) is 0 Å². The van der Waals surface area contributed by atoms with Crippen LogP contribution in [0.4, 0.5) is 13.2 Å². The molecule has 1 fully saturated rings. The molecule has 9 heteroatoms. The quantitative estimate of drug-likeness (QED) is 0.785. The summed E-state index contributed by atoms with van der Waals surface area (Å²) in [4.78, 5) is 11.5. The lowest BCUT2D eigenvalue weighted by molar-refractivity contribution is -0.180. The van der Waals surface area contributed by atoms with Crippen molar-refractivity contribution in [3.05, 3.63) is 0 Å². The molecular formula is C9H15F3N2O3S. The maximum absolute atomic E-state index is 12.4. The lowest BCUT2D eigenvalue weighted by Gasteiger charge is -2.46. The number of carbonyl (C=O) groups excluding carboxylic acids is 1. The Morgan fingerprint density at radius 2 is 1.89 bits per heavy atom. The molecule has 2 N–H and O–H groups in total. The molecular weight excluding hydrogens is 273 g/mol. The van der Waals surface area contributed by atoms with Gasteiger partial charge >= 0.3 is 6.18 Å². The highest BCUT2D eigenvalue weighted by Crippen LogP contribution is 2.49. The first-order chi connectivity index (χ1) is 7.97. The zero-order valence-corrected chi connectivity index (χ0v) is 10.8. The van der Waals surface area contributed by atoms with Crippen molar-refractivity contribution < 1.29 is 26.4 Å². The molecule has 0 aromatic carbocycles. The number of amides is 1. The topological polar surface area (TPSA) is 75.3 Å². The lowest BCUT2D eigenvalue weighted by atomic mass is 9.63. The summed E-state index contributed by atoms with van der Waals surface area (Å²) in [6.07, 6.45) is -5.04. The Labute approximate surface area is 103 Å². The van der Waals surface area contributed by atoms with E-state index in [-0.39, 0.29) is 12.8 Å². The number of rotatable bonds is 4. The molecule has 1 rings (SSSR count). The normalized spacial score (nSPS) is 28.6. The third-order valence-electron chi connectivity index (χ3n) is 2.90. The number of hydrogen-bond acceptors (Lipinski definition) is 3. The Hall–Kier alpha value is -0.830. The van der Waals surface area contributed by atoms with Gasteiger partial charge in [0.2, 0.25) is 15.9 Å². The highest BCUT2D eigenvalue weighted by Gasteiger charge is 2.55. The van der Waals surface area contributed by atoms with Crippen molar-refractivity contribution in [3.63, 3.8) is 0 Å². The van der Waals surface area contributed by atoms with Crippen LogP contribution in [0.25, 0.3) is 0 Å². The number of carbonyl (C=O) groups is 1. The zero-order valence-electron chi connectivity index (χ0n) is 9.97. The molecule has 0 aromatic heterocycles. The molecule has 1 aliphatic rings. The van der Waals surface area contributed by atoms with E-state index in [4.69, 9.17) is 0 Å². The van der Waals surface area contributed by atoms with Crippen molar-refractivity contribution in [1.29, 1.82) is 0 Å². The van der Waals surface area contributed by atoms with E-state index >= 15 is 0 Å². The van der Waals surface area contributed by atoms with Gasteiger partial charge in [-0.1, -0.05) is 0 Å². The maximum Gasteiger partial charge on any atom is 0.390 e. The molecule has 0 aromatic rings. The summed E-state index contributed by atoms with van der Waals surface area (Å²) in [6.45, 7) is 0. The second-order valence-electron chi connectivity index (χ2n) is 4.65. The maximum atomic E-state index is 12.4. The van der Waals surface area contributed by atoms with Gasteiger partial charge in [0.05, 0.1) is 18.1 Å². The molecule has 1 amide bonds. The van der Waals surface area contributed by atoms with Crippen LogP contribution in [0.3, 0.4) is 0 Å². The van der Waals surface area contributed by atoms with Crippen LogP contribution in [0.1, 0.15) is 19.3 Å². The minimum Gasteiger partial charge on any atom is -0.359 e. The van der Waals surface area contributed by atoms with Crippen molar-refractivity contribution in [2.75, 3.05) is 13.3 Å². The van der Waals surface area contributed by atoms with Crippen molar-refractivity contribution in [3.8, 4) is 0 Å². The van der Waals surface area contributed by atoms with E-state index in [1.807, 2.05) is 0 Å². The number of hydrogen-bond donors (Lipinski definition) is 2. The van der Waals surface area contributed by atoms with Crippen molar-refractivity contribution in [2.24, 2.45) is 5.41 Å². The fraction of sp³-hybridized carbons (Fsp3) is 0.889. The van der Waals surface area contributed by atoms with E-state index in [9.17, 15) is 26.4 Å². The highest BCUT2D eigenvalue weighted by atomic mass is 32.2. The van der Waals surface area contributed by atoms with Gasteiger partial charge in [0, 0.05) is 13.1 Å². The first-order valence-corrected chi connectivity index (χ1v) is 7.13. The Bertz CT molecular complexity index is 427. The van der Waals surface area contributed by atoms with Crippen molar-refractivity contribution in [2.45, 2.75) is 31.5 Å². The third-order valence-corrected chi connectivity index (χ3v) is 3.66. The first-order valence-electron chi connectivity index (χ1n) is 5.24. The van der Waals surface area contributed by atoms with E-state index < -0.39 is 40.0 Å². The van der Waals surface area contributed by atoms with E-state index in [2.05, 4.69) is 10.0 Å². The fourth-order valence-corrected chi connectivity index (χ4v) is 3.10. The van der Waals surface area contributed by atoms with Crippen LogP contribution in [0.2, 0.25) is 0 Å². The monoisotopic (exact) mass is 288 g/mol. The van der Waals surface area contributed by atoms with Gasteiger partial charge < -0.3 is 5.32 Å². The van der Waals surface area contributed by atoms with Crippen LogP contribution in [-0.2, 0) is 14.8 Å². The molecule has 18 heavy (non-hydrogen) atoms. The Kier molecular flexibility index (Phi) is 3.97. The Morgan fingerprint density at radius 1 is 1.39 bits per heavy atom. The van der Waals surface area contributed by atoms with Crippen LogP contribution in [-0.4, -0.2) is 39.8 Å². The molecule has 1 aliphatic carbocycles. The largest absolute Gasteiger partial charge is 0.390 e. The van der Waals surface area contributed by atoms with Gasteiger partial charge in [-0.2, -0.15) is 13.2 Å². The van der Waals surface area contributed by atoms with E-state index in [0.29, 0.717) is 0 Å². The standard InChI is InChI=1S/C9H15F3N2O3S/c1-13-7(15)8(5-9(10,11)12)3-6(4-8)14-18(2,16)17/h6,14H,3-5H2,1-2H3,(H,13,15). The van der Waals surface area contributed by atoms with Crippen LogP contribution in [0.15, 0.2) is 0 Å². The minimum atomic E-state index is -4.46. The molecule has 0 bridgehead atoms. The van der Waals surface area contributed by atoms with E-state index in [0.717, 1.165) is 6.26 Å². The highest BCUT2D eigenvalue weighted by molar-refractivity contribution is 7.88. The molecule has 0 heterocycles. The average Bonchev–Trinajstić information content (AvgIpc) is 2.08. The molecule has 0 unspecified atom stereocenters. The molecule has 0 atom stereocenters. The number of halogens is 3. The fourth-order valence-electron chi connectivity index (χ4n) is 2.33. The Balaban J connectivity index is 2.73. The average molecular weight is 288 g/mol. The number of alkyl halides is 3. The van der Waals surface area contributed by atoms with Gasteiger partial charge in [-0.3, -0.25) is 4.79 Å². The molecule has 0 saturated heterocycles. The second kappa shape index (κ2) is 4.69. The van der Waals surface area contributed by atoms with Gasteiger partial charge in [-0.25, -0.2) is 13.1 Å². The van der Waals surface area contributed by atoms with Crippen LogP contribution in [0.5, 0.6) is 0 Å². The van der Waals surface area contributed by atoms with E-state index in [1.165, 1.54) is 7.05 Å². The van der Waals surface area contributed by atoms with Crippen LogP contribution in [0, 0.1) is 5.41 Å². The lowest BCUT2D eigenvalue weighted by Crippen LogP contribution is -2.58. The zero-order chi connectivity index (χ0) is 14.2. The molecule has 1 saturated carbocycles. The van der Waals surface area contributed by atoms with Crippen LogP contribution >= 0.6 is 0 Å². The predicted octanol–water partition coefficient (Wildman–Crippen LogP) is 0.383. The number of sulfonamides is 1. The summed E-state index contributed by atoms with van der Waals surface area (Å²) in [5.41, 5.74) is -1.55. The predicted molar refractivity (Wildman–Crippen MR) is 58.2 cm³/mol. The molecule has 0 radical (unpaired) electrons. The second-order valence-corrected chi connectivity index (χ2v) is 6.43. The van der Waals surface area contributed by atoms with Crippen molar-refractivity contribution in [1.82, 2.24) is 10.0 Å². The molecule has 106 valence electrons. The summed E-state index contributed by atoms with van der Waals surface area (Å²) in [5, 5.41) is 2.20. The summed E-state index contributed by atoms with van der Waals surface area (Å²) < 4.78 is 61.3. The molecule has 5 nitrogen and oxygen atoms in total. The summed E-state index contributed by atoms with van der Waals surface area (Å²) in [5.74, 6) is -0.702. The van der Waals surface area contributed by atoms with Gasteiger partial charge in [0.1, 0.15) is 0 Å². The Morgan fingerprint density at radius 3 is 2.22 bits per heavy atom. The van der Waals surface area contributed by atoms with Gasteiger partial charge in [-0.15, -0.1) is 0 Å². The van der Waals surface area contributed by atoms with Crippen molar-refractivity contribution >= 4 is 15.9 Å². The summed E-state index contributed by atoms with van der Waals surface area (Å²) in [6, 6.07) is -0.611. The third kappa shape index (κ3) is 3.84. The molecule has 0 aliphatic heterocycles. The summed E-state index contributed by atoms with van der Waals surface area (Å²) >= 11 is 0. The van der Waals surface area contributed by atoms with Gasteiger partial charge in [0.25, 0.3) is 0 Å². The molecule has 0 spiro atoms. The van der Waals surface area contributed by atoms with Gasteiger partial charge in [-0.05, 0) is 12.8 Å². The smallest absolute Gasteiger partial charge is 0.359 e. The van der Waals surface area contributed by atoms with Gasteiger partial charge in [0.15, 0.2) is 0 Å².